The van der Waals surface area contributed by atoms with E-state index in [0.717, 1.165) is 0 Å². The second-order valence-electron chi connectivity index (χ2n) is 7.22. The highest BCUT2D eigenvalue weighted by Crippen LogP contribution is 2.18. The average molecular weight is 392 g/mol. The van der Waals surface area contributed by atoms with Gasteiger partial charge in [0.05, 0.1) is 0 Å². The number of benzene rings is 2. The second-order valence-corrected chi connectivity index (χ2v) is 7.22. The van der Waals surface area contributed by atoms with Gasteiger partial charge in [0.15, 0.2) is 0 Å². The van der Waals surface area contributed by atoms with Crippen molar-refractivity contribution in [2.75, 3.05) is 17.2 Å². The van der Waals surface area contributed by atoms with Crippen LogP contribution in [0.25, 0.3) is 0 Å². The molecule has 2 aromatic carbocycles. The average Bonchev–Trinajstić information content (AvgIpc) is 2.69. The number of aromatic nitrogens is 2. The molecule has 0 atom stereocenters. The van der Waals surface area contributed by atoms with Crippen LogP contribution in [0.1, 0.15) is 47.1 Å². The number of aryl methyl sites for hydroxylation is 1. The van der Waals surface area contributed by atoms with E-state index in [4.69, 9.17) is 0 Å². The molecule has 3 aromatic rings. The molecule has 150 valence electrons. The maximum Gasteiger partial charge on any atom is 0.274 e. The maximum atomic E-state index is 13.7. The van der Waals surface area contributed by atoms with Gasteiger partial charge in [0.1, 0.15) is 11.5 Å². The highest BCUT2D eigenvalue weighted by Gasteiger charge is 2.11. The minimum absolute atomic E-state index is 0.233. The molecule has 2 N–H and O–H groups in total. The maximum absolute atomic E-state index is 13.7. The van der Waals surface area contributed by atoms with Crippen LogP contribution >= 0.6 is 0 Å². The largest absolute Gasteiger partial charge is 0.354 e. The van der Waals surface area contributed by atoms with E-state index in [1.54, 1.807) is 31.2 Å². The molecule has 0 fully saturated rings. The fraction of sp³-hybridized carbons (Fsp3) is 0.261. The molecule has 1 heterocycles. The number of carbonyl (C=O) groups excluding carboxylic acids is 1. The fourth-order valence-electron chi connectivity index (χ4n) is 2.92. The van der Waals surface area contributed by atoms with E-state index in [-0.39, 0.29) is 17.4 Å². The summed E-state index contributed by atoms with van der Waals surface area (Å²) in [6.45, 7) is 6.51. The molecule has 6 heteroatoms. The van der Waals surface area contributed by atoms with E-state index in [9.17, 15) is 9.18 Å². The van der Waals surface area contributed by atoms with Crippen molar-refractivity contribution in [3.05, 3.63) is 82.9 Å². The molecule has 1 amide bonds. The standard InChI is InChI=1S/C23H25FN4O/c1-15(2)17-8-10-19(11-9-17)27-22(29)21-14-16(3)26-23(28-21)25-13-12-18-6-4-5-7-20(18)24/h4-11,14-15H,12-13H2,1-3H3,(H,27,29)(H,25,26,28). The number of anilines is 2. The quantitative estimate of drug-likeness (QED) is 0.597. The van der Waals surface area contributed by atoms with Crippen molar-refractivity contribution < 1.29 is 9.18 Å². The van der Waals surface area contributed by atoms with Gasteiger partial charge in [0.25, 0.3) is 5.91 Å². The Morgan fingerprint density at radius 3 is 2.48 bits per heavy atom. The SMILES string of the molecule is Cc1cc(C(=O)Nc2ccc(C(C)C)cc2)nc(NCCc2ccccc2F)n1. The third-order valence-corrected chi connectivity index (χ3v) is 4.56. The number of nitrogens with one attached hydrogen (secondary N) is 2. The predicted molar refractivity (Wildman–Crippen MR) is 114 cm³/mol. The summed E-state index contributed by atoms with van der Waals surface area (Å²) < 4.78 is 13.7. The Morgan fingerprint density at radius 2 is 1.79 bits per heavy atom. The number of amides is 1. The van der Waals surface area contributed by atoms with Crippen molar-refractivity contribution in [2.45, 2.75) is 33.1 Å². The molecule has 0 spiro atoms. The molecule has 0 unspecified atom stereocenters. The van der Waals surface area contributed by atoms with Crippen LogP contribution in [0.3, 0.4) is 0 Å². The summed E-state index contributed by atoms with van der Waals surface area (Å²) in [6, 6.07) is 16.1. The second kappa shape index (κ2) is 9.28. The molecular formula is C23H25FN4O. The highest BCUT2D eigenvalue weighted by atomic mass is 19.1. The summed E-state index contributed by atoms with van der Waals surface area (Å²) in [5.41, 5.74) is 3.50. The Morgan fingerprint density at radius 1 is 1.07 bits per heavy atom. The van der Waals surface area contributed by atoms with Crippen molar-refractivity contribution in [3.8, 4) is 0 Å². The van der Waals surface area contributed by atoms with E-state index in [1.165, 1.54) is 11.6 Å². The Kier molecular flexibility index (Phi) is 6.54. The summed E-state index contributed by atoms with van der Waals surface area (Å²) in [4.78, 5) is 21.2. The zero-order valence-electron chi connectivity index (χ0n) is 16.9. The molecule has 0 bridgehead atoms. The van der Waals surface area contributed by atoms with Gasteiger partial charge in [0.2, 0.25) is 5.95 Å². The number of hydrogen-bond acceptors (Lipinski definition) is 4. The van der Waals surface area contributed by atoms with Crippen molar-refractivity contribution in [3.63, 3.8) is 0 Å². The van der Waals surface area contributed by atoms with Gasteiger partial charge in [-0.25, -0.2) is 14.4 Å². The molecule has 3 rings (SSSR count). The molecule has 29 heavy (non-hydrogen) atoms. The van der Waals surface area contributed by atoms with Crippen LogP contribution in [-0.2, 0) is 6.42 Å². The number of nitrogens with zero attached hydrogens (tertiary/aromatic N) is 2. The van der Waals surface area contributed by atoms with Crippen LogP contribution in [0.4, 0.5) is 16.0 Å². The van der Waals surface area contributed by atoms with Crippen molar-refractivity contribution in [1.82, 2.24) is 9.97 Å². The fourth-order valence-corrected chi connectivity index (χ4v) is 2.92. The first-order valence-electron chi connectivity index (χ1n) is 9.66. The van der Waals surface area contributed by atoms with Gasteiger partial charge in [-0.3, -0.25) is 4.79 Å². The van der Waals surface area contributed by atoms with E-state index in [1.807, 2.05) is 24.3 Å². The Hall–Kier alpha value is -3.28. The Bertz CT molecular complexity index is 986. The van der Waals surface area contributed by atoms with Gasteiger partial charge >= 0.3 is 0 Å². The molecule has 0 radical (unpaired) electrons. The molecule has 0 aliphatic rings. The molecule has 0 saturated heterocycles. The third kappa shape index (κ3) is 5.60. The minimum Gasteiger partial charge on any atom is -0.354 e. The zero-order valence-corrected chi connectivity index (χ0v) is 16.9. The first-order valence-corrected chi connectivity index (χ1v) is 9.66. The summed E-state index contributed by atoms with van der Waals surface area (Å²) >= 11 is 0. The van der Waals surface area contributed by atoms with Gasteiger partial charge in [-0.2, -0.15) is 0 Å². The first kappa shape index (κ1) is 20.5. The highest BCUT2D eigenvalue weighted by molar-refractivity contribution is 6.03. The molecule has 0 aliphatic carbocycles. The molecular weight excluding hydrogens is 367 g/mol. The van der Waals surface area contributed by atoms with Crippen LogP contribution in [-0.4, -0.2) is 22.4 Å². The van der Waals surface area contributed by atoms with Crippen molar-refractivity contribution in [2.24, 2.45) is 0 Å². The molecule has 0 aliphatic heterocycles. The van der Waals surface area contributed by atoms with E-state index in [2.05, 4.69) is 34.4 Å². The third-order valence-electron chi connectivity index (χ3n) is 4.56. The van der Waals surface area contributed by atoms with Crippen LogP contribution in [0.5, 0.6) is 0 Å². The number of halogens is 1. The van der Waals surface area contributed by atoms with Crippen molar-refractivity contribution in [1.29, 1.82) is 0 Å². The van der Waals surface area contributed by atoms with Gasteiger partial charge in [0, 0.05) is 17.9 Å². The zero-order chi connectivity index (χ0) is 20.8. The lowest BCUT2D eigenvalue weighted by atomic mass is 10.0. The lowest BCUT2D eigenvalue weighted by Crippen LogP contribution is -2.17. The number of carbonyl (C=O) groups is 1. The van der Waals surface area contributed by atoms with Crippen molar-refractivity contribution >= 4 is 17.5 Å². The lowest BCUT2D eigenvalue weighted by molar-refractivity contribution is 0.102. The van der Waals surface area contributed by atoms with Gasteiger partial charge in [-0.15, -0.1) is 0 Å². The summed E-state index contributed by atoms with van der Waals surface area (Å²) in [5, 5.41) is 5.93. The molecule has 0 saturated carbocycles. The van der Waals surface area contributed by atoms with Gasteiger partial charge < -0.3 is 10.6 Å². The number of rotatable bonds is 7. The summed E-state index contributed by atoms with van der Waals surface area (Å²) in [5.74, 6) is 0.247. The van der Waals surface area contributed by atoms with E-state index < -0.39 is 0 Å². The summed E-state index contributed by atoms with van der Waals surface area (Å²) in [6.07, 6.45) is 0.494. The van der Waals surface area contributed by atoms with E-state index in [0.29, 0.717) is 41.8 Å². The van der Waals surface area contributed by atoms with Crippen LogP contribution in [0.15, 0.2) is 54.6 Å². The van der Waals surface area contributed by atoms with Crippen LogP contribution in [0, 0.1) is 12.7 Å². The van der Waals surface area contributed by atoms with Crippen LogP contribution < -0.4 is 10.6 Å². The van der Waals surface area contributed by atoms with Crippen LogP contribution in [0.2, 0.25) is 0 Å². The first-order chi connectivity index (χ1) is 13.9. The smallest absolute Gasteiger partial charge is 0.274 e. The van der Waals surface area contributed by atoms with Gasteiger partial charge in [-0.05, 0) is 54.7 Å². The predicted octanol–water partition coefficient (Wildman–Crippen LogP) is 4.95. The monoisotopic (exact) mass is 392 g/mol. The number of hydrogen-bond donors (Lipinski definition) is 2. The molecule has 1 aromatic heterocycles. The molecule has 5 nitrogen and oxygen atoms in total. The normalized spacial score (nSPS) is 10.8. The van der Waals surface area contributed by atoms with E-state index >= 15 is 0 Å². The minimum atomic E-state index is -0.301. The Labute approximate surface area is 170 Å². The van der Waals surface area contributed by atoms with Gasteiger partial charge in [-0.1, -0.05) is 44.2 Å². The Balaban J connectivity index is 1.64. The topological polar surface area (TPSA) is 66.9 Å². The summed E-state index contributed by atoms with van der Waals surface area (Å²) in [7, 11) is 0. The lowest BCUT2D eigenvalue weighted by Gasteiger charge is -2.10.